The Balaban J connectivity index is 3.41. The zero-order valence-electron chi connectivity index (χ0n) is 10.1. The SMILES string of the molecule is CCOC(=O)c1cc(C#N)c([N+](=O)[O-])c(CC)c1. The smallest absolute Gasteiger partial charge is 0.338 e. The number of carbonyl (C=O) groups excluding carboxylic acids is 1. The summed E-state index contributed by atoms with van der Waals surface area (Å²) >= 11 is 0. The zero-order chi connectivity index (χ0) is 13.7. The molecule has 94 valence electrons. The topological polar surface area (TPSA) is 93.2 Å². The number of esters is 1. The molecule has 6 heteroatoms. The summed E-state index contributed by atoms with van der Waals surface area (Å²) < 4.78 is 4.81. The van der Waals surface area contributed by atoms with Gasteiger partial charge in [-0.3, -0.25) is 10.1 Å². The standard InChI is InChI=1S/C12H12N2O4/c1-3-8-5-9(12(15)18-4-2)6-10(7-13)11(8)14(16)17/h5-6H,3-4H2,1-2H3. The molecule has 0 spiro atoms. The van der Waals surface area contributed by atoms with Crippen LogP contribution in [0.1, 0.15) is 35.3 Å². The van der Waals surface area contributed by atoms with Crippen molar-refractivity contribution < 1.29 is 14.5 Å². The maximum atomic E-state index is 11.6. The van der Waals surface area contributed by atoms with E-state index in [2.05, 4.69) is 0 Å². The highest BCUT2D eigenvalue weighted by Gasteiger charge is 2.22. The van der Waals surface area contributed by atoms with Crippen LogP contribution in [0.4, 0.5) is 5.69 Å². The van der Waals surface area contributed by atoms with Gasteiger partial charge in [-0.15, -0.1) is 0 Å². The number of nitro groups is 1. The van der Waals surface area contributed by atoms with Gasteiger partial charge in [-0.2, -0.15) is 5.26 Å². The van der Waals surface area contributed by atoms with Crippen molar-refractivity contribution in [3.8, 4) is 6.07 Å². The lowest BCUT2D eigenvalue weighted by Gasteiger charge is -2.06. The van der Waals surface area contributed by atoms with Crippen LogP contribution in [-0.4, -0.2) is 17.5 Å². The number of aryl methyl sites for hydroxylation is 1. The predicted molar refractivity (Wildman–Crippen MR) is 63.1 cm³/mol. The third kappa shape index (κ3) is 2.63. The van der Waals surface area contributed by atoms with Gasteiger partial charge in [0.25, 0.3) is 5.69 Å². The third-order valence-corrected chi connectivity index (χ3v) is 2.38. The zero-order valence-corrected chi connectivity index (χ0v) is 10.1. The summed E-state index contributed by atoms with van der Waals surface area (Å²) in [6.07, 6.45) is 0.359. The maximum Gasteiger partial charge on any atom is 0.338 e. The molecule has 0 radical (unpaired) electrons. The number of ether oxygens (including phenoxy) is 1. The van der Waals surface area contributed by atoms with Crippen LogP contribution in [0.3, 0.4) is 0 Å². The molecule has 0 unspecified atom stereocenters. The van der Waals surface area contributed by atoms with Crippen molar-refractivity contribution in [1.82, 2.24) is 0 Å². The summed E-state index contributed by atoms with van der Waals surface area (Å²) in [5.41, 5.74) is 0.147. The van der Waals surface area contributed by atoms with Crippen molar-refractivity contribution in [1.29, 1.82) is 5.26 Å². The van der Waals surface area contributed by atoms with Gasteiger partial charge in [-0.1, -0.05) is 6.92 Å². The third-order valence-electron chi connectivity index (χ3n) is 2.38. The quantitative estimate of drug-likeness (QED) is 0.462. The first-order valence-electron chi connectivity index (χ1n) is 5.43. The van der Waals surface area contributed by atoms with Crippen molar-refractivity contribution in [2.45, 2.75) is 20.3 Å². The lowest BCUT2D eigenvalue weighted by molar-refractivity contribution is -0.385. The van der Waals surface area contributed by atoms with E-state index >= 15 is 0 Å². The number of hydrogen-bond donors (Lipinski definition) is 0. The maximum absolute atomic E-state index is 11.6. The summed E-state index contributed by atoms with van der Waals surface area (Å²) in [6, 6.07) is 4.33. The average molecular weight is 248 g/mol. The number of nitrogens with zero attached hydrogens (tertiary/aromatic N) is 2. The first kappa shape index (κ1) is 13.6. The molecule has 0 aliphatic rings. The summed E-state index contributed by atoms with van der Waals surface area (Å²) in [4.78, 5) is 21.9. The van der Waals surface area contributed by atoms with Crippen molar-refractivity contribution >= 4 is 11.7 Å². The highest BCUT2D eigenvalue weighted by atomic mass is 16.6. The second kappa shape index (κ2) is 5.77. The molecule has 0 N–H and O–H groups in total. The van der Waals surface area contributed by atoms with E-state index < -0.39 is 10.9 Å². The minimum atomic E-state index is -0.605. The van der Waals surface area contributed by atoms with Crippen LogP contribution in [0.5, 0.6) is 0 Å². The van der Waals surface area contributed by atoms with Crippen LogP contribution in [0, 0.1) is 21.4 Å². The molecule has 0 heterocycles. The van der Waals surface area contributed by atoms with Gasteiger partial charge in [0.15, 0.2) is 0 Å². The van der Waals surface area contributed by atoms with Crippen LogP contribution in [0.2, 0.25) is 0 Å². The van der Waals surface area contributed by atoms with E-state index in [1.165, 1.54) is 12.1 Å². The highest BCUT2D eigenvalue weighted by molar-refractivity contribution is 5.91. The second-order valence-corrected chi connectivity index (χ2v) is 3.47. The summed E-state index contributed by atoms with van der Waals surface area (Å²) in [7, 11) is 0. The Bertz CT molecular complexity index is 532. The molecule has 0 saturated carbocycles. The lowest BCUT2D eigenvalue weighted by Crippen LogP contribution is -2.08. The highest BCUT2D eigenvalue weighted by Crippen LogP contribution is 2.26. The second-order valence-electron chi connectivity index (χ2n) is 3.47. The summed E-state index contributed by atoms with van der Waals surface area (Å²) in [5, 5.41) is 19.8. The van der Waals surface area contributed by atoms with E-state index in [4.69, 9.17) is 10.00 Å². The van der Waals surface area contributed by atoms with E-state index in [0.29, 0.717) is 12.0 Å². The Morgan fingerprint density at radius 1 is 1.50 bits per heavy atom. The van der Waals surface area contributed by atoms with Gasteiger partial charge in [-0.25, -0.2) is 4.79 Å². The Labute approximate surface area is 104 Å². The van der Waals surface area contributed by atoms with Gasteiger partial charge in [-0.05, 0) is 25.5 Å². The van der Waals surface area contributed by atoms with Crippen LogP contribution in [0.15, 0.2) is 12.1 Å². The molecule has 0 saturated heterocycles. The molecule has 1 aromatic carbocycles. The Hall–Kier alpha value is -2.42. The molecule has 0 aliphatic carbocycles. The monoisotopic (exact) mass is 248 g/mol. The molecular formula is C12H12N2O4. The number of hydrogen-bond acceptors (Lipinski definition) is 5. The van der Waals surface area contributed by atoms with Crippen LogP contribution < -0.4 is 0 Å². The number of nitro benzene ring substituents is 1. The predicted octanol–water partition coefficient (Wildman–Crippen LogP) is 2.21. The fourth-order valence-corrected chi connectivity index (χ4v) is 1.60. The average Bonchev–Trinajstić information content (AvgIpc) is 2.36. The van der Waals surface area contributed by atoms with Gasteiger partial charge in [0.2, 0.25) is 0 Å². The van der Waals surface area contributed by atoms with Crippen LogP contribution >= 0.6 is 0 Å². The normalized spacial score (nSPS) is 9.61. The van der Waals surface area contributed by atoms with Gasteiger partial charge in [0.05, 0.1) is 17.1 Å². The number of rotatable bonds is 4. The van der Waals surface area contributed by atoms with Crippen LogP contribution in [-0.2, 0) is 11.2 Å². The fraction of sp³-hybridized carbons (Fsp3) is 0.333. The Morgan fingerprint density at radius 2 is 2.17 bits per heavy atom. The summed E-state index contributed by atoms with van der Waals surface area (Å²) in [5.74, 6) is -0.585. The lowest BCUT2D eigenvalue weighted by atomic mass is 10.0. The molecule has 18 heavy (non-hydrogen) atoms. The molecule has 0 amide bonds. The first-order chi connectivity index (χ1) is 8.54. The Morgan fingerprint density at radius 3 is 2.61 bits per heavy atom. The van der Waals surface area contributed by atoms with Gasteiger partial charge in [0, 0.05) is 5.56 Å². The van der Waals surface area contributed by atoms with Crippen molar-refractivity contribution in [3.05, 3.63) is 38.9 Å². The molecule has 0 bridgehead atoms. The summed E-state index contributed by atoms with van der Waals surface area (Å²) in [6.45, 7) is 3.59. The number of benzene rings is 1. The molecule has 1 rings (SSSR count). The van der Waals surface area contributed by atoms with E-state index in [9.17, 15) is 14.9 Å². The largest absolute Gasteiger partial charge is 0.462 e. The number of nitriles is 1. The molecule has 0 atom stereocenters. The van der Waals surface area contributed by atoms with E-state index in [-0.39, 0.29) is 23.4 Å². The minimum Gasteiger partial charge on any atom is -0.462 e. The minimum absolute atomic E-state index is 0.123. The first-order valence-corrected chi connectivity index (χ1v) is 5.43. The molecule has 0 aromatic heterocycles. The van der Waals surface area contributed by atoms with Crippen molar-refractivity contribution in [3.63, 3.8) is 0 Å². The van der Waals surface area contributed by atoms with E-state index in [1.54, 1.807) is 19.9 Å². The Kier molecular flexibility index (Phi) is 4.38. The van der Waals surface area contributed by atoms with E-state index in [1.807, 2.05) is 0 Å². The molecule has 0 aliphatic heterocycles. The molecular weight excluding hydrogens is 236 g/mol. The van der Waals surface area contributed by atoms with Crippen molar-refractivity contribution in [2.75, 3.05) is 6.61 Å². The molecule has 0 fully saturated rings. The van der Waals surface area contributed by atoms with Crippen LogP contribution in [0.25, 0.3) is 0 Å². The van der Waals surface area contributed by atoms with Crippen molar-refractivity contribution in [2.24, 2.45) is 0 Å². The van der Waals surface area contributed by atoms with Gasteiger partial charge >= 0.3 is 5.97 Å². The molecule has 1 aromatic rings. The number of carbonyl (C=O) groups is 1. The van der Waals surface area contributed by atoms with Gasteiger partial charge < -0.3 is 4.74 Å². The van der Waals surface area contributed by atoms with E-state index in [0.717, 1.165) is 0 Å². The molecule has 6 nitrogen and oxygen atoms in total. The fourth-order valence-electron chi connectivity index (χ4n) is 1.60. The van der Waals surface area contributed by atoms with Gasteiger partial charge in [0.1, 0.15) is 11.6 Å².